The summed E-state index contributed by atoms with van der Waals surface area (Å²) in [5.41, 5.74) is 3.85. The molecule has 1 aliphatic heterocycles. The number of carboxylic acid groups (broad SMARTS) is 1. The molecule has 4 rings (SSSR count). The molecule has 0 atom stereocenters. The van der Waals surface area contributed by atoms with Crippen LogP contribution in [-0.4, -0.2) is 54.5 Å². The lowest BCUT2D eigenvalue weighted by Gasteiger charge is -2.32. The summed E-state index contributed by atoms with van der Waals surface area (Å²) in [5.74, 6) is 0.0190. The largest absolute Gasteiger partial charge is 0.496 e. The van der Waals surface area contributed by atoms with Crippen LogP contribution in [0.5, 0.6) is 5.75 Å². The zero-order chi connectivity index (χ0) is 23.4. The van der Waals surface area contributed by atoms with E-state index < -0.39 is 5.97 Å². The van der Waals surface area contributed by atoms with E-state index in [0.717, 1.165) is 55.5 Å². The van der Waals surface area contributed by atoms with Gasteiger partial charge in [0.2, 0.25) is 0 Å². The fourth-order valence-corrected chi connectivity index (χ4v) is 5.31. The molecule has 0 amide bonds. The third kappa shape index (κ3) is 5.26. The first-order valence-corrected chi connectivity index (χ1v) is 12.2. The van der Waals surface area contributed by atoms with Crippen LogP contribution >= 0.6 is 15.9 Å². The van der Waals surface area contributed by atoms with Gasteiger partial charge in [0, 0.05) is 53.9 Å². The van der Waals surface area contributed by atoms with Gasteiger partial charge in [0.15, 0.2) is 0 Å². The summed E-state index contributed by atoms with van der Waals surface area (Å²) in [4.78, 5) is 13.9. The molecule has 1 saturated heterocycles. The zero-order valence-electron chi connectivity index (χ0n) is 19.2. The van der Waals surface area contributed by atoms with Gasteiger partial charge in [0.1, 0.15) is 11.3 Å². The molecule has 1 N–H and O–H groups in total. The SMILES string of the molecule is COCCCn1cc(C2CCN(Cc3cccc(C(=O)O)c3OC)CC2)c2cc(Br)ccc21. The van der Waals surface area contributed by atoms with E-state index in [2.05, 4.69) is 49.8 Å². The highest BCUT2D eigenvalue weighted by Gasteiger charge is 2.25. The smallest absolute Gasteiger partial charge is 0.339 e. The number of aromatic carboxylic acids is 1. The average molecular weight is 515 g/mol. The minimum atomic E-state index is -0.958. The molecule has 1 aliphatic rings. The van der Waals surface area contributed by atoms with Crippen LogP contribution in [0.4, 0.5) is 0 Å². The third-order valence-electron chi connectivity index (χ3n) is 6.57. The van der Waals surface area contributed by atoms with Gasteiger partial charge in [-0.05, 0) is 68.1 Å². The number of hydrogen-bond acceptors (Lipinski definition) is 4. The van der Waals surface area contributed by atoms with Gasteiger partial charge in [-0.25, -0.2) is 4.79 Å². The second-order valence-electron chi connectivity index (χ2n) is 8.64. The Bertz CT molecular complexity index is 1120. The number of halogens is 1. The molecule has 2 aromatic carbocycles. The van der Waals surface area contributed by atoms with Gasteiger partial charge in [-0.3, -0.25) is 4.90 Å². The van der Waals surface area contributed by atoms with E-state index in [-0.39, 0.29) is 5.56 Å². The highest BCUT2D eigenvalue weighted by molar-refractivity contribution is 9.10. The summed E-state index contributed by atoms with van der Waals surface area (Å²) in [7, 11) is 3.29. The van der Waals surface area contributed by atoms with Crippen molar-refractivity contribution in [2.75, 3.05) is 33.9 Å². The summed E-state index contributed by atoms with van der Waals surface area (Å²) in [6.07, 6.45) is 5.48. The van der Waals surface area contributed by atoms with E-state index in [9.17, 15) is 9.90 Å². The second kappa shape index (κ2) is 10.7. The second-order valence-corrected chi connectivity index (χ2v) is 9.55. The molecule has 7 heteroatoms. The first kappa shape index (κ1) is 23.8. The van der Waals surface area contributed by atoms with Gasteiger partial charge in [-0.1, -0.05) is 28.1 Å². The Morgan fingerprint density at radius 2 is 1.97 bits per heavy atom. The number of rotatable bonds is 9. The van der Waals surface area contributed by atoms with Crippen LogP contribution < -0.4 is 4.74 Å². The highest BCUT2D eigenvalue weighted by atomic mass is 79.9. The Hall–Kier alpha value is -2.35. The van der Waals surface area contributed by atoms with Gasteiger partial charge in [0.25, 0.3) is 0 Å². The number of likely N-dealkylation sites (tertiary alicyclic amines) is 1. The third-order valence-corrected chi connectivity index (χ3v) is 7.07. The summed E-state index contributed by atoms with van der Waals surface area (Å²) in [6, 6.07) is 11.9. The van der Waals surface area contributed by atoms with Crippen molar-refractivity contribution in [2.45, 2.75) is 38.3 Å². The molecule has 176 valence electrons. The maximum Gasteiger partial charge on any atom is 0.339 e. The van der Waals surface area contributed by atoms with Crippen LogP contribution in [-0.2, 0) is 17.8 Å². The number of methoxy groups -OCH3 is 2. The van der Waals surface area contributed by atoms with Crippen LogP contribution in [0, 0.1) is 0 Å². The van der Waals surface area contributed by atoms with Crippen LogP contribution in [0.1, 0.15) is 46.7 Å². The molecule has 0 saturated carbocycles. The monoisotopic (exact) mass is 514 g/mol. The lowest BCUT2D eigenvalue weighted by atomic mass is 9.89. The Morgan fingerprint density at radius 1 is 1.18 bits per heavy atom. The van der Waals surface area contributed by atoms with Crippen molar-refractivity contribution in [1.29, 1.82) is 0 Å². The number of nitrogens with zero attached hydrogens (tertiary/aromatic N) is 2. The predicted octanol–water partition coefficient (Wildman–Crippen LogP) is 5.53. The van der Waals surface area contributed by atoms with E-state index >= 15 is 0 Å². The number of carbonyl (C=O) groups is 1. The Kier molecular flexibility index (Phi) is 7.73. The summed E-state index contributed by atoms with van der Waals surface area (Å²) in [6.45, 7) is 4.34. The number of aryl methyl sites for hydroxylation is 1. The molecule has 2 heterocycles. The van der Waals surface area contributed by atoms with Crippen molar-refractivity contribution in [2.24, 2.45) is 0 Å². The van der Waals surface area contributed by atoms with Crippen molar-refractivity contribution < 1.29 is 19.4 Å². The normalized spacial score (nSPS) is 15.2. The first-order chi connectivity index (χ1) is 16.0. The number of fused-ring (bicyclic) bond motifs is 1. The summed E-state index contributed by atoms with van der Waals surface area (Å²) < 4.78 is 14.2. The average Bonchev–Trinajstić information content (AvgIpc) is 3.17. The van der Waals surface area contributed by atoms with E-state index in [1.54, 1.807) is 19.2 Å². The zero-order valence-corrected chi connectivity index (χ0v) is 20.8. The van der Waals surface area contributed by atoms with E-state index in [1.165, 1.54) is 23.6 Å². The van der Waals surface area contributed by atoms with Gasteiger partial charge < -0.3 is 19.1 Å². The highest BCUT2D eigenvalue weighted by Crippen LogP contribution is 2.36. The predicted molar refractivity (Wildman–Crippen MR) is 133 cm³/mol. The number of aromatic nitrogens is 1. The molecule has 33 heavy (non-hydrogen) atoms. The lowest BCUT2D eigenvalue weighted by Crippen LogP contribution is -2.32. The van der Waals surface area contributed by atoms with Gasteiger partial charge >= 0.3 is 5.97 Å². The first-order valence-electron chi connectivity index (χ1n) is 11.4. The maximum absolute atomic E-state index is 11.5. The molecule has 1 aromatic heterocycles. The Labute approximate surface area is 203 Å². The molecule has 0 aliphatic carbocycles. The molecule has 6 nitrogen and oxygen atoms in total. The van der Waals surface area contributed by atoms with Crippen molar-refractivity contribution >= 4 is 32.8 Å². The molecule has 0 spiro atoms. The van der Waals surface area contributed by atoms with Crippen LogP contribution in [0.3, 0.4) is 0 Å². The minimum Gasteiger partial charge on any atom is -0.496 e. The number of hydrogen-bond donors (Lipinski definition) is 1. The molecular weight excluding hydrogens is 484 g/mol. The fourth-order valence-electron chi connectivity index (χ4n) is 4.95. The van der Waals surface area contributed by atoms with Gasteiger partial charge in [0.05, 0.1) is 7.11 Å². The summed E-state index contributed by atoms with van der Waals surface area (Å²) in [5, 5.41) is 10.8. The number of para-hydroxylation sites is 1. The Balaban J connectivity index is 1.49. The van der Waals surface area contributed by atoms with Crippen LogP contribution in [0.15, 0.2) is 47.1 Å². The molecule has 0 bridgehead atoms. The van der Waals surface area contributed by atoms with Crippen LogP contribution in [0.2, 0.25) is 0 Å². The van der Waals surface area contributed by atoms with E-state index in [1.807, 2.05) is 6.07 Å². The minimum absolute atomic E-state index is 0.219. The lowest BCUT2D eigenvalue weighted by molar-refractivity contribution is 0.0693. The summed E-state index contributed by atoms with van der Waals surface area (Å²) >= 11 is 3.65. The molecule has 3 aromatic rings. The number of ether oxygens (including phenoxy) is 2. The van der Waals surface area contributed by atoms with Gasteiger partial charge in [-0.15, -0.1) is 0 Å². The van der Waals surface area contributed by atoms with Crippen molar-refractivity contribution in [1.82, 2.24) is 9.47 Å². The number of carboxylic acids is 1. The molecular formula is C26H31BrN2O4. The van der Waals surface area contributed by atoms with Gasteiger partial charge in [-0.2, -0.15) is 0 Å². The number of piperidine rings is 1. The maximum atomic E-state index is 11.5. The van der Waals surface area contributed by atoms with Crippen molar-refractivity contribution in [3.8, 4) is 5.75 Å². The van der Waals surface area contributed by atoms with Crippen molar-refractivity contribution in [3.05, 3.63) is 63.8 Å². The molecule has 1 fully saturated rings. The van der Waals surface area contributed by atoms with E-state index in [0.29, 0.717) is 18.2 Å². The molecule has 0 radical (unpaired) electrons. The Morgan fingerprint density at radius 3 is 2.67 bits per heavy atom. The molecule has 0 unspecified atom stereocenters. The topological polar surface area (TPSA) is 63.9 Å². The van der Waals surface area contributed by atoms with Crippen molar-refractivity contribution in [3.63, 3.8) is 0 Å². The quantitative estimate of drug-likeness (QED) is 0.380. The standard InChI is InChI=1S/C26H31BrN2O4/c1-32-14-4-11-29-17-23(22-15-20(27)7-8-24(22)29)18-9-12-28(13-10-18)16-19-5-3-6-21(26(30)31)25(19)33-2/h3,5-8,15,17-18H,4,9-14,16H2,1-2H3,(H,30,31). The fraction of sp³-hybridized carbons (Fsp3) is 0.423. The van der Waals surface area contributed by atoms with E-state index in [4.69, 9.17) is 9.47 Å². The van der Waals surface area contributed by atoms with Crippen LogP contribution in [0.25, 0.3) is 10.9 Å². The number of benzene rings is 2.